The number of ether oxygens (including phenoxy) is 2. The van der Waals surface area contributed by atoms with Gasteiger partial charge in [-0.05, 0) is 25.1 Å². The van der Waals surface area contributed by atoms with Gasteiger partial charge < -0.3 is 20.3 Å². The summed E-state index contributed by atoms with van der Waals surface area (Å²) in [5.41, 5.74) is 5.87. The van der Waals surface area contributed by atoms with Gasteiger partial charge in [0.15, 0.2) is 0 Å². The maximum Gasteiger partial charge on any atom is 0.348 e. The summed E-state index contributed by atoms with van der Waals surface area (Å²) >= 11 is 6.60. The van der Waals surface area contributed by atoms with Crippen molar-refractivity contribution in [1.29, 1.82) is 5.26 Å². The lowest BCUT2D eigenvalue weighted by molar-refractivity contribution is 0.0450. The Morgan fingerprint density at radius 1 is 1.36 bits per heavy atom. The van der Waals surface area contributed by atoms with Crippen molar-refractivity contribution in [3.05, 3.63) is 44.8 Å². The molecule has 2 aromatic rings. The highest BCUT2D eigenvalue weighted by molar-refractivity contribution is 7.18. The fourth-order valence-corrected chi connectivity index (χ4v) is 3.08. The van der Waals surface area contributed by atoms with Crippen LogP contribution in [0.5, 0.6) is 5.75 Å². The van der Waals surface area contributed by atoms with Crippen LogP contribution in [-0.4, -0.2) is 23.7 Å². The van der Waals surface area contributed by atoms with Gasteiger partial charge in [0.2, 0.25) is 0 Å². The summed E-state index contributed by atoms with van der Waals surface area (Å²) in [6.45, 7) is 1.42. The van der Waals surface area contributed by atoms with E-state index in [1.54, 1.807) is 6.92 Å². The van der Waals surface area contributed by atoms with Gasteiger partial charge in [0, 0.05) is 10.6 Å². The summed E-state index contributed by atoms with van der Waals surface area (Å²) < 4.78 is 10.0. The number of phenols is 1. The van der Waals surface area contributed by atoms with Crippen LogP contribution in [0.15, 0.2) is 18.2 Å². The summed E-state index contributed by atoms with van der Waals surface area (Å²) in [6, 6.07) is 5.81. The van der Waals surface area contributed by atoms with Crippen LogP contribution >= 0.6 is 22.9 Å². The second kappa shape index (κ2) is 7.88. The highest BCUT2D eigenvalue weighted by Gasteiger charge is 2.24. The fourth-order valence-electron chi connectivity index (χ4n) is 2.00. The summed E-state index contributed by atoms with van der Waals surface area (Å²) in [7, 11) is 0. The molecule has 9 heteroatoms. The highest BCUT2D eigenvalue weighted by atomic mass is 35.5. The first kappa shape index (κ1) is 18.6. The Labute approximate surface area is 152 Å². The number of rotatable bonds is 5. The second-order valence-electron chi connectivity index (χ2n) is 4.72. The number of hydrogen-bond acceptors (Lipinski definition) is 8. The fraction of sp³-hybridized carbons (Fsp3) is 0.188. The molecule has 130 valence electrons. The number of carbonyl (C=O) groups excluding carboxylic acids is 2. The molecule has 0 unspecified atom stereocenters. The van der Waals surface area contributed by atoms with Crippen molar-refractivity contribution in [2.45, 2.75) is 13.5 Å². The van der Waals surface area contributed by atoms with E-state index in [1.165, 1.54) is 18.2 Å². The van der Waals surface area contributed by atoms with Gasteiger partial charge in [-0.1, -0.05) is 11.6 Å². The third-order valence-electron chi connectivity index (χ3n) is 3.13. The topological polar surface area (TPSA) is 123 Å². The van der Waals surface area contributed by atoms with E-state index in [4.69, 9.17) is 26.8 Å². The lowest BCUT2D eigenvalue weighted by atomic mass is 10.1. The van der Waals surface area contributed by atoms with Crippen LogP contribution in [0.4, 0.5) is 5.00 Å². The van der Waals surface area contributed by atoms with Gasteiger partial charge in [-0.25, -0.2) is 9.59 Å². The van der Waals surface area contributed by atoms with Crippen LogP contribution in [0.3, 0.4) is 0 Å². The van der Waals surface area contributed by atoms with E-state index in [-0.39, 0.29) is 50.6 Å². The minimum absolute atomic E-state index is 0.0566. The molecule has 3 N–H and O–H groups in total. The first-order chi connectivity index (χ1) is 11.9. The predicted octanol–water partition coefficient (Wildman–Crippen LogP) is 3.09. The highest BCUT2D eigenvalue weighted by Crippen LogP contribution is 2.32. The standard InChI is InChI=1S/C16H13ClN2O5S/c1-2-23-16(22)13-11(10(6-18)14(19)25-13)7-24-15(21)9-4-3-8(17)5-12(9)20/h3-5,20H,2,7,19H2,1H3. The van der Waals surface area contributed by atoms with E-state index < -0.39 is 11.9 Å². The number of nitrogens with zero attached hydrogens (tertiary/aromatic N) is 1. The molecule has 0 fully saturated rings. The van der Waals surface area contributed by atoms with E-state index >= 15 is 0 Å². The van der Waals surface area contributed by atoms with Crippen LogP contribution in [0.2, 0.25) is 5.02 Å². The molecule has 0 saturated carbocycles. The maximum atomic E-state index is 12.1. The average molecular weight is 381 g/mol. The Hall–Kier alpha value is -2.76. The van der Waals surface area contributed by atoms with Crippen molar-refractivity contribution >= 4 is 39.9 Å². The largest absolute Gasteiger partial charge is 0.507 e. The zero-order valence-electron chi connectivity index (χ0n) is 13.0. The molecule has 2 rings (SSSR count). The van der Waals surface area contributed by atoms with Gasteiger partial charge in [-0.3, -0.25) is 0 Å². The normalized spacial score (nSPS) is 10.1. The number of thiophene rings is 1. The quantitative estimate of drug-likeness (QED) is 0.764. The Balaban J connectivity index is 2.26. The Bertz CT molecular complexity index is 872. The number of hydrogen-bond donors (Lipinski definition) is 2. The molecule has 0 spiro atoms. The van der Waals surface area contributed by atoms with E-state index in [0.717, 1.165) is 11.3 Å². The molecule has 25 heavy (non-hydrogen) atoms. The van der Waals surface area contributed by atoms with Crippen molar-refractivity contribution in [3.63, 3.8) is 0 Å². The molecule has 0 aliphatic heterocycles. The number of phenolic OH excluding ortho intramolecular Hbond substituents is 1. The van der Waals surface area contributed by atoms with Gasteiger partial charge in [0.05, 0.1) is 12.2 Å². The molecule has 1 heterocycles. The number of carbonyl (C=O) groups is 2. The average Bonchev–Trinajstić information content (AvgIpc) is 2.88. The van der Waals surface area contributed by atoms with Gasteiger partial charge >= 0.3 is 11.9 Å². The number of esters is 2. The van der Waals surface area contributed by atoms with E-state index in [1.807, 2.05) is 6.07 Å². The van der Waals surface area contributed by atoms with Gasteiger partial charge in [0.25, 0.3) is 0 Å². The molecule has 1 aromatic heterocycles. The number of nitriles is 1. The summed E-state index contributed by atoms with van der Waals surface area (Å²) in [4.78, 5) is 24.2. The zero-order chi connectivity index (χ0) is 18.6. The van der Waals surface area contributed by atoms with Crippen LogP contribution < -0.4 is 5.73 Å². The molecular weight excluding hydrogens is 368 g/mol. The lowest BCUT2D eigenvalue weighted by Crippen LogP contribution is -2.10. The summed E-state index contributed by atoms with van der Waals surface area (Å²) in [6.07, 6.45) is 0. The van der Waals surface area contributed by atoms with E-state index in [9.17, 15) is 20.0 Å². The molecule has 0 amide bonds. The molecule has 0 aliphatic carbocycles. The Morgan fingerprint density at radius 2 is 2.08 bits per heavy atom. The molecule has 7 nitrogen and oxygen atoms in total. The summed E-state index contributed by atoms with van der Waals surface area (Å²) in [5.74, 6) is -1.83. The SMILES string of the molecule is CCOC(=O)c1sc(N)c(C#N)c1COC(=O)c1ccc(Cl)cc1O. The zero-order valence-corrected chi connectivity index (χ0v) is 14.6. The van der Waals surface area contributed by atoms with Crippen molar-refractivity contribution in [2.75, 3.05) is 12.3 Å². The molecular formula is C16H13ClN2O5S. The minimum atomic E-state index is -0.836. The van der Waals surface area contributed by atoms with Crippen LogP contribution in [0.1, 0.15) is 38.1 Å². The minimum Gasteiger partial charge on any atom is -0.507 e. The van der Waals surface area contributed by atoms with Crippen molar-refractivity contribution < 1.29 is 24.2 Å². The van der Waals surface area contributed by atoms with E-state index in [2.05, 4.69) is 0 Å². The molecule has 1 aromatic carbocycles. The van der Waals surface area contributed by atoms with Gasteiger partial charge in [0.1, 0.15) is 33.9 Å². The smallest absolute Gasteiger partial charge is 0.348 e. The molecule has 0 radical (unpaired) electrons. The number of aromatic hydroxyl groups is 1. The molecule has 0 bridgehead atoms. The second-order valence-corrected chi connectivity index (χ2v) is 6.21. The number of benzene rings is 1. The van der Waals surface area contributed by atoms with Crippen LogP contribution in [-0.2, 0) is 16.1 Å². The summed E-state index contributed by atoms with van der Waals surface area (Å²) in [5, 5.41) is 19.3. The first-order valence-electron chi connectivity index (χ1n) is 7.03. The molecule has 0 aliphatic rings. The van der Waals surface area contributed by atoms with Crippen molar-refractivity contribution in [3.8, 4) is 11.8 Å². The maximum absolute atomic E-state index is 12.1. The molecule has 0 saturated heterocycles. The first-order valence-corrected chi connectivity index (χ1v) is 8.22. The third kappa shape index (κ3) is 4.02. The van der Waals surface area contributed by atoms with Crippen molar-refractivity contribution in [2.24, 2.45) is 0 Å². The third-order valence-corrected chi connectivity index (χ3v) is 4.41. The van der Waals surface area contributed by atoms with Crippen LogP contribution in [0.25, 0.3) is 0 Å². The van der Waals surface area contributed by atoms with E-state index in [0.29, 0.717) is 0 Å². The number of nitrogens with two attached hydrogens (primary N) is 1. The van der Waals surface area contributed by atoms with Crippen molar-refractivity contribution in [1.82, 2.24) is 0 Å². The predicted molar refractivity (Wildman–Crippen MR) is 91.6 cm³/mol. The number of anilines is 1. The number of nitrogen functional groups attached to an aromatic ring is 1. The van der Waals surface area contributed by atoms with Crippen LogP contribution in [0, 0.1) is 11.3 Å². The van der Waals surface area contributed by atoms with Gasteiger partial charge in [-0.2, -0.15) is 5.26 Å². The monoisotopic (exact) mass is 380 g/mol. The number of halogens is 1. The van der Waals surface area contributed by atoms with Gasteiger partial charge in [-0.15, -0.1) is 11.3 Å². The molecule has 0 atom stereocenters. The Kier molecular flexibility index (Phi) is 5.85. The lowest BCUT2D eigenvalue weighted by Gasteiger charge is -2.08. The Morgan fingerprint density at radius 3 is 2.68 bits per heavy atom.